The Labute approximate surface area is 125 Å². The maximum Gasteiger partial charge on any atom is 0.219 e. The van der Waals surface area contributed by atoms with Gasteiger partial charge in [-0.25, -0.2) is 4.98 Å². The average molecular weight is 288 g/mol. The maximum absolute atomic E-state index is 11.8. The van der Waals surface area contributed by atoms with E-state index in [0.29, 0.717) is 18.1 Å². The molecular formula is C16H24N4O. The van der Waals surface area contributed by atoms with Crippen LogP contribution in [0.5, 0.6) is 0 Å². The van der Waals surface area contributed by atoms with Gasteiger partial charge in [-0.2, -0.15) is 0 Å². The van der Waals surface area contributed by atoms with Crippen molar-refractivity contribution in [2.45, 2.75) is 70.6 Å². The number of carbonyl (C=O) groups excluding carboxylic acids is 1. The van der Waals surface area contributed by atoms with E-state index in [1.807, 2.05) is 0 Å². The molecule has 2 bridgehead atoms. The van der Waals surface area contributed by atoms with Crippen molar-refractivity contribution >= 4 is 5.91 Å². The number of nitrogens with zero attached hydrogens (tertiary/aromatic N) is 3. The fourth-order valence-corrected chi connectivity index (χ4v) is 4.81. The van der Waals surface area contributed by atoms with Gasteiger partial charge >= 0.3 is 0 Å². The fraction of sp³-hybridized carbons (Fsp3) is 0.750. The quantitative estimate of drug-likeness (QED) is 0.853. The predicted octanol–water partition coefficient (Wildman–Crippen LogP) is 1.55. The van der Waals surface area contributed by atoms with Crippen molar-refractivity contribution in [1.82, 2.24) is 19.8 Å². The normalized spacial score (nSPS) is 31.3. The second-order valence-electron chi connectivity index (χ2n) is 6.79. The molecule has 2 fully saturated rings. The lowest BCUT2D eigenvalue weighted by atomic mass is 9.96. The van der Waals surface area contributed by atoms with Crippen LogP contribution in [-0.2, 0) is 17.8 Å². The van der Waals surface area contributed by atoms with Crippen LogP contribution in [0.15, 0.2) is 0 Å². The Morgan fingerprint density at radius 1 is 1.24 bits per heavy atom. The maximum atomic E-state index is 11.8. The Hall–Kier alpha value is -1.36. The highest BCUT2D eigenvalue weighted by molar-refractivity contribution is 5.74. The van der Waals surface area contributed by atoms with E-state index in [1.165, 1.54) is 24.2 Å². The third-order valence-corrected chi connectivity index (χ3v) is 5.54. The SMILES string of the molecule is CC(=O)N1C2CCC1CC(n1c(C)nc3c1CNCC3)C2. The number of rotatable bonds is 1. The molecule has 3 aliphatic rings. The van der Waals surface area contributed by atoms with Gasteiger partial charge in [-0.05, 0) is 32.6 Å². The van der Waals surface area contributed by atoms with Crippen molar-refractivity contribution in [1.29, 1.82) is 0 Å². The van der Waals surface area contributed by atoms with Crippen LogP contribution < -0.4 is 5.32 Å². The number of carbonyl (C=O) groups is 1. The minimum Gasteiger partial charge on any atom is -0.337 e. The molecule has 114 valence electrons. The highest BCUT2D eigenvalue weighted by Crippen LogP contribution is 2.42. The lowest BCUT2D eigenvalue weighted by Crippen LogP contribution is -2.46. The molecule has 0 saturated carbocycles. The molecule has 1 N–H and O–H groups in total. The van der Waals surface area contributed by atoms with E-state index in [4.69, 9.17) is 4.98 Å². The van der Waals surface area contributed by atoms with Crippen LogP contribution in [0.4, 0.5) is 0 Å². The van der Waals surface area contributed by atoms with E-state index in [2.05, 4.69) is 21.7 Å². The third kappa shape index (κ3) is 2.01. The Bertz CT molecular complexity index is 565. The van der Waals surface area contributed by atoms with Crippen molar-refractivity contribution in [3.63, 3.8) is 0 Å². The number of hydrogen-bond donors (Lipinski definition) is 1. The van der Waals surface area contributed by atoms with Gasteiger partial charge in [-0.3, -0.25) is 4.79 Å². The summed E-state index contributed by atoms with van der Waals surface area (Å²) in [5.74, 6) is 1.41. The first-order valence-corrected chi connectivity index (χ1v) is 8.21. The zero-order valence-electron chi connectivity index (χ0n) is 12.9. The fourth-order valence-electron chi connectivity index (χ4n) is 4.81. The number of aromatic nitrogens is 2. The molecule has 0 radical (unpaired) electrons. The summed E-state index contributed by atoms with van der Waals surface area (Å²) >= 11 is 0. The molecule has 0 aliphatic carbocycles. The third-order valence-electron chi connectivity index (χ3n) is 5.54. The number of amides is 1. The molecule has 0 aromatic carbocycles. The number of piperidine rings is 1. The number of fused-ring (bicyclic) bond motifs is 3. The zero-order chi connectivity index (χ0) is 14.6. The standard InChI is InChI=1S/C16H24N4O/c1-10-18-15-5-6-17-9-16(15)19(10)14-7-12-3-4-13(8-14)20(12)11(2)21/h12-14,17H,3-9H2,1-2H3. The largest absolute Gasteiger partial charge is 0.337 e. The van der Waals surface area contributed by atoms with Crippen LogP contribution in [0.25, 0.3) is 0 Å². The minimum atomic E-state index is 0.256. The molecule has 1 aromatic heterocycles. The smallest absolute Gasteiger partial charge is 0.219 e. The predicted molar refractivity (Wildman–Crippen MR) is 80.0 cm³/mol. The van der Waals surface area contributed by atoms with Crippen molar-refractivity contribution in [3.8, 4) is 0 Å². The summed E-state index contributed by atoms with van der Waals surface area (Å²) in [6.07, 6.45) is 5.59. The van der Waals surface area contributed by atoms with E-state index in [-0.39, 0.29) is 5.91 Å². The van der Waals surface area contributed by atoms with Crippen LogP contribution in [0.3, 0.4) is 0 Å². The molecule has 21 heavy (non-hydrogen) atoms. The first kappa shape index (κ1) is 13.3. The summed E-state index contributed by atoms with van der Waals surface area (Å²) < 4.78 is 2.48. The van der Waals surface area contributed by atoms with Crippen LogP contribution >= 0.6 is 0 Å². The highest BCUT2D eigenvalue weighted by atomic mass is 16.2. The average Bonchev–Trinajstić information content (AvgIpc) is 2.92. The lowest BCUT2D eigenvalue weighted by Gasteiger charge is -2.40. The molecule has 4 rings (SSSR count). The monoisotopic (exact) mass is 288 g/mol. The van der Waals surface area contributed by atoms with E-state index in [1.54, 1.807) is 6.92 Å². The van der Waals surface area contributed by atoms with Crippen LogP contribution in [0, 0.1) is 6.92 Å². The Kier molecular flexibility index (Phi) is 3.06. The van der Waals surface area contributed by atoms with Gasteiger partial charge < -0.3 is 14.8 Å². The van der Waals surface area contributed by atoms with Gasteiger partial charge in [0.15, 0.2) is 0 Å². The van der Waals surface area contributed by atoms with E-state index >= 15 is 0 Å². The van der Waals surface area contributed by atoms with Crippen LogP contribution in [-0.4, -0.2) is 39.0 Å². The second-order valence-corrected chi connectivity index (χ2v) is 6.79. The molecule has 0 spiro atoms. The lowest BCUT2D eigenvalue weighted by molar-refractivity contribution is -0.133. The highest BCUT2D eigenvalue weighted by Gasteiger charge is 2.43. The Morgan fingerprint density at radius 2 is 1.95 bits per heavy atom. The summed E-state index contributed by atoms with van der Waals surface area (Å²) in [7, 11) is 0. The molecule has 5 heteroatoms. The molecule has 2 atom stereocenters. The molecule has 2 saturated heterocycles. The minimum absolute atomic E-state index is 0.256. The van der Waals surface area contributed by atoms with Gasteiger partial charge in [0.05, 0.1) is 11.4 Å². The number of nitrogens with one attached hydrogen (secondary N) is 1. The van der Waals surface area contributed by atoms with Gasteiger partial charge in [-0.15, -0.1) is 0 Å². The van der Waals surface area contributed by atoms with Crippen LogP contribution in [0.1, 0.15) is 55.9 Å². The van der Waals surface area contributed by atoms with Crippen molar-refractivity contribution in [2.24, 2.45) is 0 Å². The summed E-state index contributed by atoms with van der Waals surface area (Å²) in [6, 6.07) is 1.41. The molecule has 1 aromatic rings. The van der Waals surface area contributed by atoms with Gasteiger partial charge in [0.2, 0.25) is 5.91 Å². The Balaban J connectivity index is 1.65. The van der Waals surface area contributed by atoms with Gasteiger partial charge in [0.1, 0.15) is 5.82 Å². The molecule has 4 heterocycles. The van der Waals surface area contributed by atoms with Crippen molar-refractivity contribution in [2.75, 3.05) is 6.54 Å². The van der Waals surface area contributed by atoms with E-state index in [9.17, 15) is 4.79 Å². The van der Waals surface area contributed by atoms with Gasteiger partial charge in [0.25, 0.3) is 0 Å². The second kappa shape index (κ2) is 4.83. The number of aryl methyl sites for hydroxylation is 1. The first-order valence-electron chi connectivity index (χ1n) is 8.21. The molecular weight excluding hydrogens is 264 g/mol. The molecule has 5 nitrogen and oxygen atoms in total. The van der Waals surface area contributed by atoms with Crippen molar-refractivity contribution in [3.05, 3.63) is 17.2 Å². The summed E-state index contributed by atoms with van der Waals surface area (Å²) in [4.78, 5) is 18.8. The van der Waals surface area contributed by atoms with Crippen molar-refractivity contribution < 1.29 is 4.79 Å². The van der Waals surface area contributed by atoms with Gasteiger partial charge in [0, 0.05) is 44.6 Å². The molecule has 2 unspecified atom stereocenters. The summed E-state index contributed by atoms with van der Waals surface area (Å²) in [5, 5.41) is 3.47. The zero-order valence-corrected chi connectivity index (χ0v) is 12.9. The first-order chi connectivity index (χ1) is 10.1. The topological polar surface area (TPSA) is 50.2 Å². The van der Waals surface area contributed by atoms with E-state index in [0.717, 1.165) is 38.2 Å². The summed E-state index contributed by atoms with van der Waals surface area (Å²) in [5.41, 5.74) is 2.67. The number of imidazole rings is 1. The Morgan fingerprint density at radius 3 is 2.62 bits per heavy atom. The van der Waals surface area contributed by atoms with Gasteiger partial charge in [-0.1, -0.05) is 0 Å². The summed E-state index contributed by atoms with van der Waals surface area (Å²) in [6.45, 7) is 5.84. The van der Waals surface area contributed by atoms with E-state index < -0.39 is 0 Å². The van der Waals surface area contributed by atoms with Crippen LogP contribution in [0.2, 0.25) is 0 Å². The molecule has 1 amide bonds. The number of hydrogen-bond acceptors (Lipinski definition) is 3. The molecule has 3 aliphatic heterocycles.